The van der Waals surface area contributed by atoms with Gasteiger partial charge in [-0.1, -0.05) is 12.1 Å². The molecule has 6 nitrogen and oxygen atoms in total. The van der Waals surface area contributed by atoms with Crippen molar-refractivity contribution in [3.63, 3.8) is 0 Å². The summed E-state index contributed by atoms with van der Waals surface area (Å²) < 4.78 is 11.0. The highest BCUT2D eigenvalue weighted by Gasteiger charge is 2.28. The molecule has 3 unspecified atom stereocenters. The van der Waals surface area contributed by atoms with E-state index in [1.807, 2.05) is 13.8 Å². The van der Waals surface area contributed by atoms with Crippen molar-refractivity contribution in [3.05, 3.63) is 11.7 Å². The summed E-state index contributed by atoms with van der Waals surface area (Å²) in [6, 6.07) is 0.494. The van der Waals surface area contributed by atoms with E-state index in [9.17, 15) is 0 Å². The van der Waals surface area contributed by atoms with Gasteiger partial charge < -0.3 is 15.0 Å². The lowest BCUT2D eigenvalue weighted by molar-refractivity contribution is -0.0450. The normalized spacial score (nSPS) is 24.6. The third-order valence-electron chi connectivity index (χ3n) is 3.75. The minimum Gasteiger partial charge on any atom is -0.367 e. The summed E-state index contributed by atoms with van der Waals surface area (Å²) in [6.45, 7) is 10.8. The summed E-state index contributed by atoms with van der Waals surface area (Å²) in [4.78, 5) is 6.80. The van der Waals surface area contributed by atoms with Crippen molar-refractivity contribution in [1.82, 2.24) is 15.0 Å². The first-order valence-corrected chi connectivity index (χ1v) is 6.93. The molecule has 0 spiro atoms. The third-order valence-corrected chi connectivity index (χ3v) is 3.75. The average Bonchev–Trinajstić information content (AvgIpc) is 2.87. The lowest BCUT2D eigenvalue weighted by Crippen LogP contribution is -2.42. The molecule has 0 aromatic carbocycles. The van der Waals surface area contributed by atoms with E-state index in [2.05, 4.69) is 28.9 Å². The molecule has 2 rings (SSSR count). The lowest BCUT2D eigenvalue weighted by atomic mass is 10.1. The Morgan fingerprint density at radius 3 is 2.68 bits per heavy atom. The number of aromatic nitrogens is 2. The molecule has 0 aliphatic carbocycles. The van der Waals surface area contributed by atoms with Crippen molar-refractivity contribution in [1.29, 1.82) is 0 Å². The highest BCUT2D eigenvalue weighted by Crippen LogP contribution is 2.23. The Kier molecular flexibility index (Phi) is 4.54. The molecule has 108 valence electrons. The Balaban J connectivity index is 2.06. The molecule has 6 heteroatoms. The Labute approximate surface area is 114 Å². The summed E-state index contributed by atoms with van der Waals surface area (Å²) in [6.07, 6.45) is -0.103. The smallest absolute Gasteiger partial charge is 0.231 e. The number of ether oxygens (including phenoxy) is 1. The molecule has 1 aromatic rings. The SMILES string of the molecule is CC(N)C(C)c1nc(C2CN(C(C)C)CCO2)no1. The topological polar surface area (TPSA) is 77.4 Å². The van der Waals surface area contributed by atoms with Gasteiger partial charge in [-0.05, 0) is 20.8 Å². The van der Waals surface area contributed by atoms with E-state index >= 15 is 0 Å². The van der Waals surface area contributed by atoms with Gasteiger partial charge in [-0.3, -0.25) is 4.90 Å². The lowest BCUT2D eigenvalue weighted by Gasteiger charge is -2.34. The quantitative estimate of drug-likeness (QED) is 0.887. The van der Waals surface area contributed by atoms with Gasteiger partial charge in [-0.15, -0.1) is 0 Å². The zero-order chi connectivity index (χ0) is 14.0. The fourth-order valence-corrected chi connectivity index (χ4v) is 2.08. The van der Waals surface area contributed by atoms with Gasteiger partial charge >= 0.3 is 0 Å². The second-order valence-corrected chi connectivity index (χ2v) is 5.59. The van der Waals surface area contributed by atoms with Gasteiger partial charge in [0.2, 0.25) is 11.7 Å². The standard InChI is InChI=1S/C13H24N4O2/c1-8(2)17-5-6-18-11(7-17)12-15-13(19-16-12)9(3)10(4)14/h8-11H,5-7,14H2,1-4H3. The van der Waals surface area contributed by atoms with Crippen molar-refractivity contribution < 1.29 is 9.26 Å². The first kappa shape index (κ1) is 14.4. The van der Waals surface area contributed by atoms with Crippen LogP contribution in [0.5, 0.6) is 0 Å². The first-order chi connectivity index (χ1) is 8.99. The zero-order valence-electron chi connectivity index (χ0n) is 12.2. The van der Waals surface area contributed by atoms with Crippen molar-refractivity contribution in [2.75, 3.05) is 19.7 Å². The largest absolute Gasteiger partial charge is 0.367 e. The van der Waals surface area contributed by atoms with E-state index in [0.717, 1.165) is 13.1 Å². The predicted octanol–water partition coefficient (Wildman–Crippen LogP) is 1.30. The number of hydrogen-bond donors (Lipinski definition) is 1. The van der Waals surface area contributed by atoms with Crippen molar-refractivity contribution in [3.8, 4) is 0 Å². The van der Waals surface area contributed by atoms with Gasteiger partial charge in [0.15, 0.2) is 0 Å². The van der Waals surface area contributed by atoms with Gasteiger partial charge in [-0.25, -0.2) is 0 Å². The molecule has 1 aromatic heterocycles. The first-order valence-electron chi connectivity index (χ1n) is 6.93. The van der Waals surface area contributed by atoms with Crippen LogP contribution in [0, 0.1) is 0 Å². The number of hydrogen-bond acceptors (Lipinski definition) is 6. The molecule has 0 radical (unpaired) electrons. The highest BCUT2D eigenvalue weighted by atomic mass is 16.5. The van der Waals surface area contributed by atoms with Gasteiger partial charge in [0.25, 0.3) is 0 Å². The molecule has 1 saturated heterocycles. The molecule has 0 amide bonds. The van der Waals surface area contributed by atoms with Crippen LogP contribution < -0.4 is 5.73 Å². The van der Waals surface area contributed by atoms with Gasteiger partial charge in [-0.2, -0.15) is 4.98 Å². The third kappa shape index (κ3) is 3.32. The second kappa shape index (κ2) is 5.98. The molecule has 2 heterocycles. The van der Waals surface area contributed by atoms with Gasteiger partial charge in [0, 0.05) is 25.2 Å². The maximum absolute atomic E-state index is 5.85. The van der Waals surface area contributed by atoms with Crippen LogP contribution in [0.4, 0.5) is 0 Å². The van der Waals surface area contributed by atoms with Crippen molar-refractivity contribution >= 4 is 0 Å². The monoisotopic (exact) mass is 268 g/mol. The minimum atomic E-state index is -0.103. The van der Waals surface area contributed by atoms with Gasteiger partial charge in [0.05, 0.1) is 12.5 Å². The number of nitrogens with two attached hydrogens (primary N) is 1. The second-order valence-electron chi connectivity index (χ2n) is 5.59. The van der Waals surface area contributed by atoms with E-state index < -0.39 is 0 Å². The van der Waals surface area contributed by atoms with Crippen LogP contribution in [-0.2, 0) is 4.74 Å². The van der Waals surface area contributed by atoms with E-state index in [1.165, 1.54) is 0 Å². The van der Waals surface area contributed by atoms with Crippen molar-refractivity contribution in [2.24, 2.45) is 5.73 Å². The van der Waals surface area contributed by atoms with Crippen LogP contribution >= 0.6 is 0 Å². The number of rotatable bonds is 4. The van der Waals surface area contributed by atoms with Crippen LogP contribution in [0.1, 0.15) is 51.4 Å². The Hall–Kier alpha value is -0.980. The van der Waals surface area contributed by atoms with Crippen molar-refractivity contribution in [2.45, 2.75) is 51.8 Å². The van der Waals surface area contributed by atoms with E-state index in [-0.39, 0.29) is 18.1 Å². The fraction of sp³-hybridized carbons (Fsp3) is 0.846. The Morgan fingerprint density at radius 1 is 1.32 bits per heavy atom. The Morgan fingerprint density at radius 2 is 2.05 bits per heavy atom. The van der Waals surface area contributed by atoms with Crippen LogP contribution in [0.2, 0.25) is 0 Å². The minimum absolute atomic E-state index is 0.00673. The van der Waals surface area contributed by atoms with E-state index in [4.69, 9.17) is 15.0 Å². The zero-order valence-corrected chi connectivity index (χ0v) is 12.2. The van der Waals surface area contributed by atoms with E-state index in [0.29, 0.717) is 24.4 Å². The summed E-state index contributed by atoms with van der Waals surface area (Å²) >= 11 is 0. The molecule has 2 N–H and O–H groups in total. The summed E-state index contributed by atoms with van der Waals surface area (Å²) in [5, 5.41) is 4.04. The fourth-order valence-electron chi connectivity index (χ4n) is 2.08. The molecule has 19 heavy (non-hydrogen) atoms. The number of morpholine rings is 1. The molecule has 1 aliphatic rings. The molecular formula is C13H24N4O2. The summed E-state index contributed by atoms with van der Waals surface area (Å²) in [5.41, 5.74) is 5.85. The van der Waals surface area contributed by atoms with E-state index in [1.54, 1.807) is 0 Å². The maximum Gasteiger partial charge on any atom is 0.231 e. The summed E-state index contributed by atoms with van der Waals surface area (Å²) in [5.74, 6) is 1.29. The molecule has 0 bridgehead atoms. The molecule has 0 saturated carbocycles. The highest BCUT2D eigenvalue weighted by molar-refractivity contribution is 4.99. The van der Waals surface area contributed by atoms with Crippen LogP contribution in [0.3, 0.4) is 0 Å². The maximum atomic E-state index is 5.85. The van der Waals surface area contributed by atoms with Gasteiger partial charge in [0.1, 0.15) is 6.10 Å². The Bertz CT molecular complexity index is 405. The number of nitrogens with zero attached hydrogens (tertiary/aromatic N) is 3. The predicted molar refractivity (Wildman–Crippen MR) is 71.8 cm³/mol. The average molecular weight is 268 g/mol. The van der Waals surface area contributed by atoms with Crippen LogP contribution in [0.15, 0.2) is 4.52 Å². The van der Waals surface area contributed by atoms with Crippen LogP contribution in [-0.4, -0.2) is 46.8 Å². The van der Waals surface area contributed by atoms with Crippen LogP contribution in [0.25, 0.3) is 0 Å². The molecular weight excluding hydrogens is 244 g/mol. The molecule has 3 atom stereocenters. The summed E-state index contributed by atoms with van der Waals surface area (Å²) in [7, 11) is 0. The molecule has 1 aliphatic heterocycles. The molecule has 1 fully saturated rings.